The Morgan fingerprint density at radius 2 is 1.31 bits per heavy atom. The number of hydrogen-bond acceptors (Lipinski definition) is 0. The quantitative estimate of drug-likeness (QED) is 0.478. The van der Waals surface area contributed by atoms with Crippen LogP contribution >= 0.6 is 0 Å². The summed E-state index contributed by atoms with van der Waals surface area (Å²) in [6, 6.07) is 0. The summed E-state index contributed by atoms with van der Waals surface area (Å²) in [5.74, 6) is 0.352. The van der Waals surface area contributed by atoms with Gasteiger partial charge in [0, 0.05) is 0 Å². The lowest BCUT2D eigenvalue weighted by atomic mass is 9.78. The highest BCUT2D eigenvalue weighted by molar-refractivity contribution is 4.83. The Balaban J connectivity index is 4.24. The van der Waals surface area contributed by atoms with Gasteiger partial charge < -0.3 is 0 Å². The van der Waals surface area contributed by atoms with Crippen LogP contribution in [-0.2, 0) is 5.11 Å². The first-order valence-corrected chi connectivity index (χ1v) is 7.31. The summed E-state index contributed by atoms with van der Waals surface area (Å²) in [4.78, 5) is 0. The van der Waals surface area contributed by atoms with Crippen LogP contribution in [0.15, 0.2) is 0 Å². The lowest BCUT2D eigenvalue weighted by Gasteiger charge is -2.32. The number of hydrogen-bond donors (Lipinski definition) is 0. The fraction of sp³-hybridized carbons (Fsp3) is 1.00. The molecule has 0 saturated heterocycles. The minimum Gasteiger partial charge on any atom is -0.229 e. The van der Waals surface area contributed by atoms with E-state index < -0.39 is 5.60 Å². The highest BCUT2D eigenvalue weighted by Crippen LogP contribution is 2.33. The zero-order chi connectivity index (χ0) is 12.4. The molecule has 0 heterocycles. The maximum atomic E-state index is 12.8. The molecule has 16 heavy (non-hydrogen) atoms. The fourth-order valence-corrected chi connectivity index (χ4v) is 2.34. The van der Waals surface area contributed by atoms with Gasteiger partial charge >= 0.3 is 0 Å². The Bertz CT molecular complexity index is 146. The molecule has 1 unspecified atom stereocenters. The highest BCUT2D eigenvalue weighted by atomic mass is 16.3. The van der Waals surface area contributed by atoms with E-state index in [0.717, 1.165) is 44.9 Å². The van der Waals surface area contributed by atoms with Gasteiger partial charge in [-0.3, -0.25) is 0 Å². The van der Waals surface area contributed by atoms with Gasteiger partial charge in [0.05, 0.1) is 0 Å². The average molecular weight is 227 g/mol. The summed E-state index contributed by atoms with van der Waals surface area (Å²) in [6.07, 6.45) is 9.81. The van der Waals surface area contributed by atoms with Crippen molar-refractivity contribution in [3.63, 3.8) is 0 Å². The molecule has 1 radical (unpaired) electrons. The second kappa shape index (κ2) is 9.04. The monoisotopic (exact) mass is 227 g/mol. The molecule has 0 aliphatic heterocycles. The van der Waals surface area contributed by atoms with Crippen LogP contribution in [0, 0.1) is 5.92 Å². The summed E-state index contributed by atoms with van der Waals surface area (Å²) in [5, 5.41) is 12.8. The van der Waals surface area contributed by atoms with E-state index in [9.17, 15) is 5.11 Å². The van der Waals surface area contributed by atoms with Crippen molar-refractivity contribution < 1.29 is 5.11 Å². The van der Waals surface area contributed by atoms with Crippen molar-refractivity contribution in [2.75, 3.05) is 0 Å². The smallest absolute Gasteiger partial charge is 0.106 e. The molecular weight excluding hydrogens is 196 g/mol. The van der Waals surface area contributed by atoms with Crippen LogP contribution in [0.5, 0.6) is 0 Å². The molecule has 0 rings (SSSR count). The predicted molar refractivity (Wildman–Crippen MR) is 71.2 cm³/mol. The van der Waals surface area contributed by atoms with E-state index in [1.807, 2.05) is 0 Å². The topological polar surface area (TPSA) is 19.9 Å². The normalized spacial score (nSPS) is 14.1. The van der Waals surface area contributed by atoms with Crippen LogP contribution in [-0.4, -0.2) is 5.60 Å². The fourth-order valence-electron chi connectivity index (χ4n) is 2.34. The maximum Gasteiger partial charge on any atom is 0.106 e. The van der Waals surface area contributed by atoms with Crippen molar-refractivity contribution in [3.05, 3.63) is 0 Å². The van der Waals surface area contributed by atoms with Crippen LogP contribution in [0.4, 0.5) is 0 Å². The van der Waals surface area contributed by atoms with Crippen molar-refractivity contribution >= 4 is 0 Å². The van der Waals surface area contributed by atoms with Gasteiger partial charge in [-0.2, -0.15) is 0 Å². The Hall–Kier alpha value is -0.0400. The lowest BCUT2D eigenvalue weighted by Crippen LogP contribution is -2.35. The first-order valence-electron chi connectivity index (χ1n) is 7.31. The number of rotatable bonds is 10. The minimum absolute atomic E-state index is 0.352. The molecule has 0 aliphatic carbocycles. The molecule has 0 aromatic carbocycles. The molecule has 0 amide bonds. The second-order valence-electron chi connectivity index (χ2n) is 5.32. The van der Waals surface area contributed by atoms with Gasteiger partial charge in [-0.25, -0.2) is 5.11 Å². The van der Waals surface area contributed by atoms with E-state index in [1.165, 1.54) is 12.8 Å². The van der Waals surface area contributed by atoms with Crippen LogP contribution in [0.1, 0.15) is 85.5 Å². The lowest BCUT2D eigenvalue weighted by molar-refractivity contribution is -0.0909. The van der Waals surface area contributed by atoms with Gasteiger partial charge in [0.2, 0.25) is 0 Å². The third-order valence-corrected chi connectivity index (χ3v) is 3.80. The maximum absolute atomic E-state index is 12.8. The first kappa shape index (κ1) is 16.0. The largest absolute Gasteiger partial charge is 0.229 e. The summed E-state index contributed by atoms with van der Waals surface area (Å²) in [7, 11) is 0. The van der Waals surface area contributed by atoms with Gasteiger partial charge in [0.25, 0.3) is 0 Å². The van der Waals surface area contributed by atoms with Crippen molar-refractivity contribution in [2.24, 2.45) is 5.92 Å². The van der Waals surface area contributed by atoms with E-state index in [4.69, 9.17) is 0 Å². The second-order valence-corrected chi connectivity index (χ2v) is 5.32. The summed E-state index contributed by atoms with van der Waals surface area (Å²) in [5.41, 5.74) is -0.638. The Morgan fingerprint density at radius 3 is 1.69 bits per heavy atom. The summed E-state index contributed by atoms with van der Waals surface area (Å²) in [6.45, 7) is 8.74. The molecule has 0 bridgehead atoms. The summed E-state index contributed by atoms with van der Waals surface area (Å²) < 4.78 is 0. The summed E-state index contributed by atoms with van der Waals surface area (Å²) >= 11 is 0. The van der Waals surface area contributed by atoms with Crippen LogP contribution in [0.3, 0.4) is 0 Å². The van der Waals surface area contributed by atoms with Gasteiger partial charge in [0.15, 0.2) is 0 Å². The van der Waals surface area contributed by atoms with E-state index in [0.29, 0.717) is 5.92 Å². The molecule has 1 nitrogen and oxygen atoms in total. The zero-order valence-corrected chi connectivity index (χ0v) is 11.8. The van der Waals surface area contributed by atoms with Crippen LogP contribution < -0.4 is 0 Å². The average Bonchev–Trinajstić information content (AvgIpc) is 2.30. The van der Waals surface area contributed by atoms with Crippen molar-refractivity contribution in [3.8, 4) is 0 Å². The molecule has 0 aliphatic rings. The molecule has 0 saturated carbocycles. The molecule has 0 fully saturated rings. The van der Waals surface area contributed by atoms with Gasteiger partial charge in [-0.05, 0) is 25.2 Å². The molecule has 1 heteroatoms. The Morgan fingerprint density at radius 1 is 0.875 bits per heavy atom. The third-order valence-electron chi connectivity index (χ3n) is 3.80. The van der Waals surface area contributed by atoms with Crippen molar-refractivity contribution in [2.45, 2.75) is 91.1 Å². The van der Waals surface area contributed by atoms with Gasteiger partial charge in [-0.15, -0.1) is 0 Å². The standard InChI is InChI=1S/C15H31O/c1-5-8-11-14(4)15(16,12-9-6-2)13-10-7-3/h14H,5-13H2,1-4H3. The first-order chi connectivity index (χ1) is 7.60. The minimum atomic E-state index is -0.638. The number of unbranched alkanes of at least 4 members (excludes halogenated alkanes) is 3. The van der Waals surface area contributed by atoms with Gasteiger partial charge in [0.1, 0.15) is 5.60 Å². The highest BCUT2D eigenvalue weighted by Gasteiger charge is 2.33. The Kier molecular flexibility index (Phi) is 9.02. The molecule has 97 valence electrons. The van der Waals surface area contributed by atoms with Crippen LogP contribution in [0.2, 0.25) is 0 Å². The molecule has 0 spiro atoms. The van der Waals surface area contributed by atoms with E-state index in [1.54, 1.807) is 0 Å². The van der Waals surface area contributed by atoms with Crippen molar-refractivity contribution in [1.29, 1.82) is 0 Å². The van der Waals surface area contributed by atoms with Crippen LogP contribution in [0.25, 0.3) is 0 Å². The van der Waals surface area contributed by atoms with Crippen molar-refractivity contribution in [1.82, 2.24) is 0 Å². The predicted octanol–water partition coefficient (Wildman–Crippen LogP) is 5.36. The van der Waals surface area contributed by atoms with Gasteiger partial charge in [-0.1, -0.05) is 66.2 Å². The third kappa shape index (κ3) is 5.89. The SMILES string of the molecule is CCCCC(C)C([O])(CCCC)CCCC. The van der Waals surface area contributed by atoms with E-state index in [-0.39, 0.29) is 0 Å². The van der Waals surface area contributed by atoms with E-state index >= 15 is 0 Å². The molecule has 0 aromatic rings. The Labute approximate surface area is 103 Å². The zero-order valence-electron chi connectivity index (χ0n) is 11.8. The molecule has 0 aromatic heterocycles. The molecule has 0 N–H and O–H groups in total. The van der Waals surface area contributed by atoms with E-state index in [2.05, 4.69) is 27.7 Å². The molecular formula is C15H31O. The molecule has 1 atom stereocenters.